The fraction of sp³-hybridized carbons (Fsp3) is 0.400. The maximum absolute atomic E-state index is 13.2. The predicted molar refractivity (Wildman–Crippen MR) is 106 cm³/mol. The highest BCUT2D eigenvalue weighted by molar-refractivity contribution is 5.80. The minimum atomic E-state index is -0.296. The molecule has 27 heavy (non-hydrogen) atoms. The first-order valence-electron chi connectivity index (χ1n) is 9.34. The first-order chi connectivity index (χ1) is 13.3. The normalized spacial score (nSPS) is 15.0. The molecule has 1 fully saturated rings. The second-order valence-corrected chi connectivity index (χ2v) is 6.20. The Labute approximate surface area is 159 Å². The van der Waals surface area contributed by atoms with Crippen molar-refractivity contribution in [3.63, 3.8) is 0 Å². The standard InChI is InChI=1S/C20H26FN5O/c1-2-22-20(24-10-15-27-18-7-5-6-17(21)16-18)26-13-11-25(12-14-26)19-8-3-4-9-23-19/h3-9,16H,2,10-15H2,1H3,(H,22,24). The number of nitrogens with one attached hydrogen (secondary N) is 1. The molecule has 1 aromatic carbocycles. The van der Waals surface area contributed by atoms with E-state index < -0.39 is 0 Å². The summed E-state index contributed by atoms with van der Waals surface area (Å²) >= 11 is 0. The lowest BCUT2D eigenvalue weighted by Crippen LogP contribution is -2.52. The van der Waals surface area contributed by atoms with Crippen molar-refractivity contribution in [3.8, 4) is 5.75 Å². The highest BCUT2D eigenvalue weighted by Gasteiger charge is 2.20. The molecule has 7 heteroatoms. The summed E-state index contributed by atoms with van der Waals surface area (Å²) in [5.41, 5.74) is 0. The van der Waals surface area contributed by atoms with Crippen LogP contribution in [0.15, 0.2) is 53.7 Å². The second-order valence-electron chi connectivity index (χ2n) is 6.20. The fourth-order valence-electron chi connectivity index (χ4n) is 2.99. The zero-order valence-electron chi connectivity index (χ0n) is 15.6. The lowest BCUT2D eigenvalue weighted by atomic mass is 10.3. The van der Waals surface area contributed by atoms with Crippen LogP contribution in [-0.2, 0) is 0 Å². The first kappa shape index (κ1) is 18.9. The Morgan fingerprint density at radius 2 is 2.04 bits per heavy atom. The van der Waals surface area contributed by atoms with E-state index in [2.05, 4.69) is 32.0 Å². The Balaban J connectivity index is 1.50. The van der Waals surface area contributed by atoms with Crippen molar-refractivity contribution in [2.75, 3.05) is 50.8 Å². The molecule has 144 valence electrons. The van der Waals surface area contributed by atoms with Gasteiger partial charge in [-0.25, -0.2) is 14.4 Å². The highest BCUT2D eigenvalue weighted by atomic mass is 19.1. The summed E-state index contributed by atoms with van der Waals surface area (Å²) in [6.07, 6.45) is 1.83. The van der Waals surface area contributed by atoms with Crippen molar-refractivity contribution in [1.82, 2.24) is 15.2 Å². The Bertz CT molecular complexity index is 732. The summed E-state index contributed by atoms with van der Waals surface area (Å²) in [6.45, 7) is 7.36. The number of nitrogens with zero attached hydrogens (tertiary/aromatic N) is 4. The number of hydrogen-bond donors (Lipinski definition) is 1. The van der Waals surface area contributed by atoms with Gasteiger partial charge in [-0.1, -0.05) is 12.1 Å². The molecule has 0 atom stereocenters. The lowest BCUT2D eigenvalue weighted by Gasteiger charge is -2.37. The van der Waals surface area contributed by atoms with Gasteiger partial charge in [-0.2, -0.15) is 0 Å². The number of pyridine rings is 1. The Kier molecular flexibility index (Phi) is 6.84. The van der Waals surface area contributed by atoms with E-state index in [1.165, 1.54) is 12.1 Å². The van der Waals surface area contributed by atoms with Gasteiger partial charge in [-0.05, 0) is 31.2 Å². The highest BCUT2D eigenvalue weighted by Crippen LogP contribution is 2.13. The van der Waals surface area contributed by atoms with Crippen molar-refractivity contribution in [2.45, 2.75) is 6.92 Å². The molecular formula is C20H26FN5O. The topological polar surface area (TPSA) is 53.0 Å². The number of ether oxygens (including phenoxy) is 1. The van der Waals surface area contributed by atoms with Crippen LogP contribution < -0.4 is 15.0 Å². The average molecular weight is 371 g/mol. The molecule has 6 nitrogen and oxygen atoms in total. The summed E-state index contributed by atoms with van der Waals surface area (Å²) in [5, 5.41) is 3.34. The molecular weight excluding hydrogens is 345 g/mol. The van der Waals surface area contributed by atoms with Crippen LogP contribution >= 0.6 is 0 Å². The number of anilines is 1. The van der Waals surface area contributed by atoms with E-state index in [0.717, 1.165) is 44.5 Å². The van der Waals surface area contributed by atoms with Crippen molar-refractivity contribution in [1.29, 1.82) is 0 Å². The van der Waals surface area contributed by atoms with Gasteiger partial charge in [0.25, 0.3) is 0 Å². The molecule has 1 aromatic heterocycles. The number of piperazine rings is 1. The maximum atomic E-state index is 13.2. The minimum Gasteiger partial charge on any atom is -0.492 e. The van der Waals surface area contributed by atoms with Crippen molar-refractivity contribution >= 4 is 11.8 Å². The first-order valence-corrected chi connectivity index (χ1v) is 9.34. The third-order valence-electron chi connectivity index (χ3n) is 4.31. The minimum absolute atomic E-state index is 0.296. The monoisotopic (exact) mass is 371 g/mol. The molecule has 1 aliphatic rings. The number of hydrogen-bond acceptors (Lipinski definition) is 4. The fourth-order valence-corrected chi connectivity index (χ4v) is 2.99. The van der Waals surface area contributed by atoms with E-state index in [4.69, 9.17) is 4.74 Å². The largest absolute Gasteiger partial charge is 0.492 e. The van der Waals surface area contributed by atoms with Gasteiger partial charge in [0.2, 0.25) is 0 Å². The van der Waals surface area contributed by atoms with Crippen LogP contribution in [0.4, 0.5) is 10.2 Å². The van der Waals surface area contributed by atoms with Gasteiger partial charge < -0.3 is 19.9 Å². The van der Waals surface area contributed by atoms with Crippen molar-refractivity contribution in [2.24, 2.45) is 4.99 Å². The van der Waals surface area contributed by atoms with Crippen LogP contribution in [0.5, 0.6) is 5.75 Å². The number of guanidine groups is 1. The SMILES string of the molecule is CCNC(=NCCOc1cccc(F)c1)N1CCN(c2ccccn2)CC1. The Hall–Kier alpha value is -2.83. The molecule has 0 unspecified atom stereocenters. The van der Waals surface area contributed by atoms with Gasteiger partial charge in [-0.3, -0.25) is 0 Å². The van der Waals surface area contributed by atoms with Crippen LogP contribution in [0.3, 0.4) is 0 Å². The van der Waals surface area contributed by atoms with E-state index in [1.54, 1.807) is 12.1 Å². The third kappa shape index (κ3) is 5.57. The number of benzene rings is 1. The molecule has 2 aromatic rings. The van der Waals surface area contributed by atoms with E-state index in [-0.39, 0.29) is 5.82 Å². The maximum Gasteiger partial charge on any atom is 0.194 e. The average Bonchev–Trinajstić information content (AvgIpc) is 2.71. The van der Waals surface area contributed by atoms with Gasteiger partial charge in [0.1, 0.15) is 24.0 Å². The van der Waals surface area contributed by atoms with Gasteiger partial charge in [-0.15, -0.1) is 0 Å². The molecule has 0 bridgehead atoms. The summed E-state index contributed by atoms with van der Waals surface area (Å²) in [7, 11) is 0. The van der Waals surface area contributed by atoms with Gasteiger partial charge in [0.15, 0.2) is 5.96 Å². The molecule has 0 saturated carbocycles. The summed E-state index contributed by atoms with van der Waals surface area (Å²) in [5.74, 6) is 2.14. The van der Waals surface area contributed by atoms with E-state index in [1.807, 2.05) is 24.4 Å². The molecule has 1 N–H and O–H groups in total. The van der Waals surface area contributed by atoms with Gasteiger partial charge >= 0.3 is 0 Å². The van der Waals surface area contributed by atoms with Crippen molar-refractivity contribution in [3.05, 3.63) is 54.5 Å². The Morgan fingerprint density at radius 3 is 2.74 bits per heavy atom. The van der Waals surface area contributed by atoms with Gasteiger partial charge in [0.05, 0.1) is 6.54 Å². The van der Waals surface area contributed by atoms with E-state index in [0.29, 0.717) is 18.9 Å². The van der Waals surface area contributed by atoms with E-state index in [9.17, 15) is 4.39 Å². The van der Waals surface area contributed by atoms with Crippen LogP contribution in [0.2, 0.25) is 0 Å². The predicted octanol–water partition coefficient (Wildman–Crippen LogP) is 2.39. The molecule has 1 aliphatic heterocycles. The number of halogens is 1. The second kappa shape index (κ2) is 9.75. The Morgan fingerprint density at radius 1 is 1.19 bits per heavy atom. The quantitative estimate of drug-likeness (QED) is 0.480. The third-order valence-corrected chi connectivity index (χ3v) is 4.31. The molecule has 2 heterocycles. The lowest BCUT2D eigenvalue weighted by molar-refractivity contribution is 0.323. The zero-order valence-corrected chi connectivity index (χ0v) is 15.6. The summed E-state index contributed by atoms with van der Waals surface area (Å²) < 4.78 is 18.7. The van der Waals surface area contributed by atoms with Gasteiger partial charge in [0, 0.05) is 45.0 Å². The molecule has 0 radical (unpaired) electrons. The number of aromatic nitrogens is 1. The summed E-state index contributed by atoms with van der Waals surface area (Å²) in [4.78, 5) is 13.6. The summed E-state index contributed by atoms with van der Waals surface area (Å²) in [6, 6.07) is 12.2. The number of aliphatic imine (C=N–C) groups is 1. The molecule has 0 amide bonds. The van der Waals surface area contributed by atoms with Crippen LogP contribution in [0, 0.1) is 5.82 Å². The van der Waals surface area contributed by atoms with Crippen molar-refractivity contribution < 1.29 is 9.13 Å². The molecule has 1 saturated heterocycles. The molecule has 0 spiro atoms. The molecule has 0 aliphatic carbocycles. The smallest absolute Gasteiger partial charge is 0.194 e. The zero-order chi connectivity index (χ0) is 18.9. The van der Waals surface area contributed by atoms with Crippen LogP contribution in [0.1, 0.15) is 6.92 Å². The van der Waals surface area contributed by atoms with Crippen LogP contribution in [-0.4, -0.2) is 61.7 Å². The van der Waals surface area contributed by atoms with Crippen LogP contribution in [0.25, 0.3) is 0 Å². The van der Waals surface area contributed by atoms with E-state index >= 15 is 0 Å². The molecule has 3 rings (SSSR count). The number of rotatable bonds is 6.